The number of ether oxygens (including phenoxy) is 2. The fraction of sp³-hybridized carbons (Fsp3) is 0.333. The highest BCUT2D eigenvalue weighted by Gasteiger charge is 2.26. The second kappa shape index (κ2) is 2.62. The molecule has 0 N–H and O–H groups in total. The van der Waals surface area contributed by atoms with Crippen molar-refractivity contribution in [2.75, 3.05) is 6.61 Å². The second-order valence-electron chi connectivity index (χ2n) is 1.76. The van der Waals surface area contributed by atoms with Crippen molar-refractivity contribution in [3.8, 4) is 0 Å². The maximum Gasteiger partial charge on any atom is 0.347 e. The summed E-state index contributed by atoms with van der Waals surface area (Å²) >= 11 is 0. The fourth-order valence-corrected chi connectivity index (χ4v) is 0.590. The SMILES string of the molecule is C=CC1OCC(=O)OC1=O. The first-order valence-electron chi connectivity index (χ1n) is 2.72. The van der Waals surface area contributed by atoms with Crippen molar-refractivity contribution in [2.45, 2.75) is 6.10 Å². The van der Waals surface area contributed by atoms with E-state index in [1.54, 1.807) is 0 Å². The molecule has 1 rings (SSSR count). The van der Waals surface area contributed by atoms with Gasteiger partial charge in [0.15, 0.2) is 6.10 Å². The van der Waals surface area contributed by atoms with Crippen molar-refractivity contribution in [1.29, 1.82) is 0 Å². The molecule has 0 aromatic heterocycles. The summed E-state index contributed by atoms with van der Waals surface area (Å²) in [6.07, 6.45) is 0.507. The zero-order valence-electron chi connectivity index (χ0n) is 5.20. The molecule has 10 heavy (non-hydrogen) atoms. The Labute approximate surface area is 57.4 Å². The summed E-state index contributed by atoms with van der Waals surface area (Å²) in [5.41, 5.74) is 0. The van der Waals surface area contributed by atoms with Crippen LogP contribution in [0.3, 0.4) is 0 Å². The Hall–Kier alpha value is -1.16. The molecule has 0 bridgehead atoms. The van der Waals surface area contributed by atoms with Gasteiger partial charge < -0.3 is 9.47 Å². The molecule has 1 atom stereocenters. The normalized spacial score (nSPS) is 25.8. The number of esters is 2. The predicted molar refractivity (Wildman–Crippen MR) is 31.0 cm³/mol. The topological polar surface area (TPSA) is 52.6 Å². The predicted octanol–water partition coefficient (Wildman–Crippen LogP) is -0.359. The summed E-state index contributed by atoms with van der Waals surface area (Å²) in [6.45, 7) is 3.14. The molecule has 4 nitrogen and oxygen atoms in total. The van der Waals surface area contributed by atoms with Crippen LogP contribution in [0, 0.1) is 0 Å². The van der Waals surface area contributed by atoms with Gasteiger partial charge in [-0.3, -0.25) is 0 Å². The highest BCUT2D eigenvalue weighted by molar-refractivity contribution is 5.91. The minimum Gasteiger partial charge on any atom is -0.389 e. The molecule has 1 unspecified atom stereocenters. The lowest BCUT2D eigenvalue weighted by molar-refractivity contribution is -0.179. The number of rotatable bonds is 1. The molecule has 1 saturated heterocycles. The van der Waals surface area contributed by atoms with E-state index >= 15 is 0 Å². The maximum atomic E-state index is 10.6. The summed E-state index contributed by atoms with van der Waals surface area (Å²) < 4.78 is 8.93. The largest absolute Gasteiger partial charge is 0.389 e. The van der Waals surface area contributed by atoms with Crippen molar-refractivity contribution in [1.82, 2.24) is 0 Å². The Morgan fingerprint density at radius 1 is 1.60 bits per heavy atom. The van der Waals surface area contributed by atoms with E-state index in [9.17, 15) is 9.59 Å². The van der Waals surface area contributed by atoms with E-state index in [1.165, 1.54) is 6.08 Å². The van der Waals surface area contributed by atoms with Crippen molar-refractivity contribution in [3.05, 3.63) is 12.7 Å². The summed E-state index contributed by atoms with van der Waals surface area (Å²) in [4.78, 5) is 20.9. The number of carbonyl (C=O) groups excluding carboxylic acids is 2. The highest BCUT2D eigenvalue weighted by Crippen LogP contribution is 2.03. The van der Waals surface area contributed by atoms with Crippen molar-refractivity contribution >= 4 is 11.9 Å². The first kappa shape index (κ1) is 6.95. The van der Waals surface area contributed by atoms with Gasteiger partial charge >= 0.3 is 11.9 Å². The molecule has 0 spiro atoms. The third-order valence-electron chi connectivity index (χ3n) is 1.04. The summed E-state index contributed by atoms with van der Waals surface area (Å²) in [7, 11) is 0. The lowest BCUT2D eigenvalue weighted by atomic mass is 10.3. The third-order valence-corrected chi connectivity index (χ3v) is 1.04. The minimum atomic E-state index is -0.780. The molecule has 0 aromatic carbocycles. The van der Waals surface area contributed by atoms with Crippen LogP contribution >= 0.6 is 0 Å². The Morgan fingerprint density at radius 2 is 2.30 bits per heavy atom. The standard InChI is InChI=1S/C6H6O4/c1-2-4-6(8)10-5(7)3-9-4/h2,4H,1,3H2. The quantitative estimate of drug-likeness (QED) is 0.285. The third kappa shape index (κ3) is 1.22. The van der Waals surface area contributed by atoms with Gasteiger partial charge in [-0.25, -0.2) is 9.59 Å². The average Bonchev–Trinajstić information content (AvgIpc) is 1.88. The van der Waals surface area contributed by atoms with E-state index in [0.29, 0.717) is 0 Å². The number of carbonyl (C=O) groups is 2. The van der Waals surface area contributed by atoms with Crippen molar-refractivity contribution < 1.29 is 19.1 Å². The van der Waals surface area contributed by atoms with E-state index in [4.69, 9.17) is 4.74 Å². The van der Waals surface area contributed by atoms with Crippen LogP contribution in [0.1, 0.15) is 0 Å². The van der Waals surface area contributed by atoms with Gasteiger partial charge in [-0.2, -0.15) is 0 Å². The molecular weight excluding hydrogens is 136 g/mol. The Morgan fingerprint density at radius 3 is 2.80 bits per heavy atom. The van der Waals surface area contributed by atoms with Crippen molar-refractivity contribution in [2.24, 2.45) is 0 Å². The average molecular weight is 142 g/mol. The van der Waals surface area contributed by atoms with Crippen LogP contribution in [0.4, 0.5) is 0 Å². The summed E-state index contributed by atoms with van der Waals surface area (Å²) in [6, 6.07) is 0. The van der Waals surface area contributed by atoms with Crippen LogP contribution in [0.2, 0.25) is 0 Å². The molecule has 0 aliphatic carbocycles. The maximum absolute atomic E-state index is 10.6. The Balaban J connectivity index is 2.59. The first-order chi connectivity index (χ1) is 4.74. The molecule has 4 heteroatoms. The highest BCUT2D eigenvalue weighted by atomic mass is 16.6. The lowest BCUT2D eigenvalue weighted by Crippen LogP contribution is -2.35. The first-order valence-corrected chi connectivity index (χ1v) is 2.72. The van der Waals surface area contributed by atoms with Gasteiger partial charge in [0, 0.05) is 0 Å². The number of hydrogen-bond donors (Lipinski definition) is 0. The second-order valence-corrected chi connectivity index (χ2v) is 1.76. The molecule has 1 aliphatic heterocycles. The molecule has 0 saturated carbocycles. The summed E-state index contributed by atoms with van der Waals surface area (Å²) in [5, 5.41) is 0. The molecule has 1 fully saturated rings. The van der Waals surface area contributed by atoms with Crippen LogP contribution in [0.25, 0.3) is 0 Å². The molecule has 0 aromatic rings. The van der Waals surface area contributed by atoms with Gasteiger partial charge in [0.05, 0.1) is 0 Å². The monoisotopic (exact) mass is 142 g/mol. The van der Waals surface area contributed by atoms with E-state index in [1.807, 2.05) is 0 Å². The fourth-order valence-electron chi connectivity index (χ4n) is 0.590. The van der Waals surface area contributed by atoms with Crippen molar-refractivity contribution in [3.63, 3.8) is 0 Å². The summed E-state index contributed by atoms with van der Waals surface area (Å²) in [5.74, 6) is -1.34. The molecule has 1 heterocycles. The van der Waals surface area contributed by atoms with Gasteiger partial charge in [0.2, 0.25) is 0 Å². The lowest BCUT2D eigenvalue weighted by Gasteiger charge is -2.16. The van der Waals surface area contributed by atoms with E-state index in [0.717, 1.165) is 0 Å². The van der Waals surface area contributed by atoms with Crippen LogP contribution < -0.4 is 0 Å². The number of cyclic esters (lactones) is 2. The smallest absolute Gasteiger partial charge is 0.347 e. The number of hydrogen-bond acceptors (Lipinski definition) is 4. The molecule has 54 valence electrons. The Bertz CT molecular complexity index is 184. The van der Waals surface area contributed by atoms with Crippen LogP contribution in [0.15, 0.2) is 12.7 Å². The van der Waals surface area contributed by atoms with Gasteiger partial charge in [-0.15, -0.1) is 0 Å². The van der Waals surface area contributed by atoms with Crippen LogP contribution in [-0.4, -0.2) is 24.6 Å². The van der Waals surface area contributed by atoms with E-state index in [-0.39, 0.29) is 6.61 Å². The van der Waals surface area contributed by atoms with Gasteiger partial charge in [0.25, 0.3) is 0 Å². The molecular formula is C6H6O4. The van der Waals surface area contributed by atoms with E-state index < -0.39 is 18.0 Å². The molecule has 0 radical (unpaired) electrons. The van der Waals surface area contributed by atoms with Gasteiger partial charge in [-0.1, -0.05) is 12.7 Å². The van der Waals surface area contributed by atoms with Gasteiger partial charge in [-0.05, 0) is 0 Å². The zero-order valence-corrected chi connectivity index (χ0v) is 5.20. The van der Waals surface area contributed by atoms with Crippen LogP contribution in [0.5, 0.6) is 0 Å². The minimum absolute atomic E-state index is 0.178. The van der Waals surface area contributed by atoms with Crippen LogP contribution in [-0.2, 0) is 19.1 Å². The Kier molecular flexibility index (Phi) is 1.82. The van der Waals surface area contributed by atoms with Gasteiger partial charge in [0.1, 0.15) is 6.61 Å². The molecule has 0 amide bonds. The zero-order chi connectivity index (χ0) is 7.56. The molecule has 1 aliphatic rings. The van der Waals surface area contributed by atoms with E-state index in [2.05, 4.69) is 11.3 Å².